The van der Waals surface area contributed by atoms with Gasteiger partial charge in [-0.3, -0.25) is 4.79 Å². The SMILES string of the molecule is C[C@@H](NS(=O)(=O)c1c(F)c(F)c(F)c(F)c1F)C(=O)OC(C)(C)C. The Morgan fingerprint density at radius 2 is 1.33 bits per heavy atom. The Hall–Kier alpha value is -1.75. The van der Waals surface area contributed by atoms with Crippen molar-refractivity contribution in [3.63, 3.8) is 0 Å². The molecular weight excluding hydrogens is 361 g/mol. The van der Waals surface area contributed by atoms with Gasteiger partial charge in [0.05, 0.1) is 0 Å². The molecule has 11 heteroatoms. The van der Waals surface area contributed by atoms with Crippen molar-refractivity contribution in [3.8, 4) is 0 Å². The monoisotopic (exact) mass is 375 g/mol. The molecule has 136 valence electrons. The third kappa shape index (κ3) is 4.20. The van der Waals surface area contributed by atoms with E-state index in [9.17, 15) is 35.2 Å². The van der Waals surface area contributed by atoms with Crippen molar-refractivity contribution in [3.05, 3.63) is 29.1 Å². The van der Waals surface area contributed by atoms with E-state index in [1.807, 2.05) is 0 Å². The van der Waals surface area contributed by atoms with Crippen LogP contribution >= 0.6 is 0 Å². The van der Waals surface area contributed by atoms with Gasteiger partial charge in [0.1, 0.15) is 11.6 Å². The molecule has 0 unspecified atom stereocenters. The molecule has 0 aromatic heterocycles. The van der Waals surface area contributed by atoms with Gasteiger partial charge in [-0.1, -0.05) is 0 Å². The number of hydrogen-bond donors (Lipinski definition) is 1. The maximum atomic E-state index is 13.6. The van der Waals surface area contributed by atoms with Gasteiger partial charge in [0, 0.05) is 0 Å². The topological polar surface area (TPSA) is 72.5 Å². The Balaban J connectivity index is 3.26. The summed E-state index contributed by atoms with van der Waals surface area (Å²) in [6, 6.07) is -1.63. The Bertz CT molecular complexity index is 745. The highest BCUT2D eigenvalue weighted by molar-refractivity contribution is 7.89. The van der Waals surface area contributed by atoms with Gasteiger partial charge in [-0.25, -0.2) is 30.4 Å². The number of rotatable bonds is 4. The highest BCUT2D eigenvalue weighted by Gasteiger charge is 2.35. The van der Waals surface area contributed by atoms with Crippen LogP contribution in [0.2, 0.25) is 0 Å². The molecule has 0 radical (unpaired) electrons. The minimum absolute atomic E-state index is 0.984. The molecule has 1 rings (SSSR count). The lowest BCUT2D eigenvalue weighted by atomic mass is 10.2. The zero-order valence-electron chi connectivity index (χ0n) is 13.0. The second-order valence-electron chi connectivity index (χ2n) is 5.78. The Kier molecular flexibility index (Phi) is 5.61. The number of nitrogens with one attached hydrogen (secondary N) is 1. The fourth-order valence-corrected chi connectivity index (χ4v) is 2.88. The van der Waals surface area contributed by atoms with Crippen LogP contribution in [0.4, 0.5) is 22.0 Å². The first kappa shape index (κ1) is 20.3. The van der Waals surface area contributed by atoms with E-state index in [1.54, 1.807) is 0 Å². The van der Waals surface area contributed by atoms with Crippen LogP contribution in [0.1, 0.15) is 27.7 Å². The molecule has 0 bridgehead atoms. The molecule has 0 saturated carbocycles. The van der Waals surface area contributed by atoms with Gasteiger partial charge in [0.2, 0.25) is 15.8 Å². The highest BCUT2D eigenvalue weighted by Crippen LogP contribution is 2.26. The molecule has 1 N–H and O–H groups in total. The second-order valence-corrected chi connectivity index (χ2v) is 7.43. The largest absolute Gasteiger partial charge is 0.459 e. The quantitative estimate of drug-likeness (QED) is 0.380. The van der Waals surface area contributed by atoms with Crippen LogP contribution in [0.25, 0.3) is 0 Å². The summed E-state index contributed by atoms with van der Waals surface area (Å²) in [4.78, 5) is 9.61. The smallest absolute Gasteiger partial charge is 0.324 e. The van der Waals surface area contributed by atoms with E-state index in [0.717, 1.165) is 6.92 Å². The summed E-state index contributed by atoms with van der Waals surface area (Å²) in [5.74, 6) is -13.5. The van der Waals surface area contributed by atoms with Crippen molar-refractivity contribution in [1.29, 1.82) is 0 Å². The van der Waals surface area contributed by atoms with Gasteiger partial charge in [0.25, 0.3) is 0 Å². The molecular formula is C13H14F5NO4S. The summed E-state index contributed by atoms with van der Waals surface area (Å²) in [7, 11) is -5.23. The lowest BCUT2D eigenvalue weighted by Crippen LogP contribution is -2.42. The Labute approximate surface area is 134 Å². The number of esters is 1. The molecule has 1 aromatic rings. The summed E-state index contributed by atoms with van der Waals surface area (Å²) in [6.07, 6.45) is 0. The minimum atomic E-state index is -5.23. The first-order valence-corrected chi connectivity index (χ1v) is 7.94. The molecule has 0 saturated heterocycles. The summed E-state index contributed by atoms with van der Waals surface area (Å²) in [5, 5.41) is 0. The molecule has 0 fully saturated rings. The predicted molar refractivity (Wildman–Crippen MR) is 71.9 cm³/mol. The number of halogens is 5. The Morgan fingerprint density at radius 3 is 1.71 bits per heavy atom. The molecule has 1 atom stereocenters. The molecule has 0 heterocycles. The van der Waals surface area contributed by atoms with Gasteiger partial charge >= 0.3 is 5.97 Å². The molecule has 24 heavy (non-hydrogen) atoms. The van der Waals surface area contributed by atoms with Crippen LogP contribution < -0.4 is 4.72 Å². The third-order valence-electron chi connectivity index (χ3n) is 2.53. The van der Waals surface area contributed by atoms with Crippen molar-refractivity contribution in [2.75, 3.05) is 0 Å². The fourth-order valence-electron chi connectivity index (χ4n) is 1.55. The van der Waals surface area contributed by atoms with E-state index in [0.29, 0.717) is 0 Å². The predicted octanol–water partition coefficient (Wildman–Crippen LogP) is 2.39. The third-order valence-corrected chi connectivity index (χ3v) is 4.09. The first-order chi connectivity index (χ1) is 10.7. The van der Waals surface area contributed by atoms with Crippen LogP contribution in [0.5, 0.6) is 0 Å². The Morgan fingerprint density at radius 1 is 0.958 bits per heavy atom. The highest BCUT2D eigenvalue weighted by atomic mass is 32.2. The molecule has 0 aliphatic rings. The van der Waals surface area contributed by atoms with E-state index in [2.05, 4.69) is 0 Å². The van der Waals surface area contributed by atoms with Crippen LogP contribution in [-0.4, -0.2) is 26.0 Å². The van der Waals surface area contributed by atoms with E-state index < -0.39 is 61.6 Å². The maximum Gasteiger partial charge on any atom is 0.324 e. The minimum Gasteiger partial charge on any atom is -0.459 e. The lowest BCUT2D eigenvalue weighted by Gasteiger charge is -2.22. The zero-order valence-corrected chi connectivity index (χ0v) is 13.8. The van der Waals surface area contributed by atoms with Gasteiger partial charge < -0.3 is 4.74 Å². The van der Waals surface area contributed by atoms with Crippen molar-refractivity contribution in [2.24, 2.45) is 0 Å². The van der Waals surface area contributed by atoms with Gasteiger partial charge in [-0.15, -0.1) is 0 Å². The van der Waals surface area contributed by atoms with E-state index in [-0.39, 0.29) is 0 Å². The van der Waals surface area contributed by atoms with Crippen LogP contribution in [0, 0.1) is 29.1 Å². The number of carbonyl (C=O) groups is 1. The molecule has 0 aliphatic carbocycles. The summed E-state index contributed by atoms with van der Waals surface area (Å²) in [6.45, 7) is 5.43. The van der Waals surface area contributed by atoms with Crippen molar-refractivity contribution in [2.45, 2.75) is 44.2 Å². The number of ether oxygens (including phenoxy) is 1. The average Bonchev–Trinajstić information content (AvgIpc) is 2.40. The van der Waals surface area contributed by atoms with Crippen molar-refractivity contribution >= 4 is 16.0 Å². The van der Waals surface area contributed by atoms with E-state index in [4.69, 9.17) is 4.74 Å². The second kappa shape index (κ2) is 6.63. The first-order valence-electron chi connectivity index (χ1n) is 6.45. The lowest BCUT2D eigenvalue weighted by molar-refractivity contribution is -0.156. The number of hydrogen-bond acceptors (Lipinski definition) is 4. The van der Waals surface area contributed by atoms with Gasteiger partial charge in [-0.05, 0) is 27.7 Å². The summed E-state index contributed by atoms with van der Waals surface area (Å²) >= 11 is 0. The van der Waals surface area contributed by atoms with Crippen molar-refractivity contribution in [1.82, 2.24) is 4.72 Å². The van der Waals surface area contributed by atoms with Gasteiger partial charge in [0.15, 0.2) is 28.2 Å². The normalized spacial score (nSPS) is 13.7. The number of benzene rings is 1. The van der Waals surface area contributed by atoms with Crippen LogP contribution in [0.15, 0.2) is 4.90 Å². The molecule has 1 aromatic carbocycles. The molecule has 0 aliphatic heterocycles. The molecule has 0 amide bonds. The fraction of sp³-hybridized carbons (Fsp3) is 0.462. The summed E-state index contributed by atoms with van der Waals surface area (Å²) in [5.41, 5.74) is -0.985. The standard InChI is InChI=1S/C13H14F5NO4S/c1-5(12(20)23-13(2,3)4)19-24(21,22)11-9(17)7(15)6(14)8(16)10(11)18/h5,19H,1-4H3/t5-/m1/s1. The molecule has 0 spiro atoms. The number of sulfonamides is 1. The van der Waals surface area contributed by atoms with Crippen LogP contribution in [-0.2, 0) is 19.6 Å². The van der Waals surface area contributed by atoms with E-state index >= 15 is 0 Å². The maximum absolute atomic E-state index is 13.6. The summed E-state index contributed by atoms with van der Waals surface area (Å²) < 4.78 is 96.5. The molecule has 5 nitrogen and oxygen atoms in total. The zero-order chi connectivity index (χ0) is 19.0. The van der Waals surface area contributed by atoms with Crippen molar-refractivity contribution < 1.29 is 39.9 Å². The average molecular weight is 375 g/mol. The van der Waals surface area contributed by atoms with Gasteiger partial charge in [-0.2, -0.15) is 4.72 Å². The van der Waals surface area contributed by atoms with Crippen LogP contribution in [0.3, 0.4) is 0 Å². The number of carbonyl (C=O) groups excluding carboxylic acids is 1. The van der Waals surface area contributed by atoms with E-state index in [1.165, 1.54) is 25.5 Å².